The van der Waals surface area contributed by atoms with Crippen LogP contribution in [0.2, 0.25) is 0 Å². The molecule has 1 amide bonds. The van der Waals surface area contributed by atoms with Gasteiger partial charge in [-0.2, -0.15) is 0 Å². The molecular formula is C34H36N2O5. The van der Waals surface area contributed by atoms with Crippen molar-refractivity contribution in [3.8, 4) is 17.2 Å². The van der Waals surface area contributed by atoms with Gasteiger partial charge < -0.3 is 24.8 Å². The van der Waals surface area contributed by atoms with Gasteiger partial charge in [0.2, 0.25) is 0 Å². The highest BCUT2D eigenvalue weighted by molar-refractivity contribution is 6.10. The van der Waals surface area contributed by atoms with Crippen LogP contribution in [0, 0.1) is 6.92 Å². The van der Waals surface area contributed by atoms with Crippen molar-refractivity contribution in [3.05, 3.63) is 106 Å². The number of ether oxygens (including phenoxy) is 3. The first-order valence-electron chi connectivity index (χ1n) is 13.9. The van der Waals surface area contributed by atoms with E-state index in [1.807, 2.05) is 87.5 Å². The van der Waals surface area contributed by atoms with Gasteiger partial charge in [-0.3, -0.25) is 9.59 Å². The van der Waals surface area contributed by atoms with Gasteiger partial charge in [-0.25, -0.2) is 0 Å². The molecule has 5 rings (SSSR count). The van der Waals surface area contributed by atoms with E-state index in [-0.39, 0.29) is 17.6 Å². The van der Waals surface area contributed by atoms with Gasteiger partial charge in [0, 0.05) is 40.6 Å². The van der Waals surface area contributed by atoms with Gasteiger partial charge in [0.1, 0.15) is 5.75 Å². The summed E-state index contributed by atoms with van der Waals surface area (Å²) >= 11 is 0. The summed E-state index contributed by atoms with van der Waals surface area (Å²) in [4.78, 5) is 27.9. The fourth-order valence-electron chi connectivity index (χ4n) is 5.80. The lowest BCUT2D eigenvalue weighted by atomic mass is 9.71. The largest absolute Gasteiger partial charge is 0.494 e. The van der Waals surface area contributed by atoms with Gasteiger partial charge in [-0.05, 0) is 80.6 Å². The summed E-state index contributed by atoms with van der Waals surface area (Å²) in [5.41, 5.74) is 6.38. The Morgan fingerprint density at radius 3 is 2.39 bits per heavy atom. The maximum absolute atomic E-state index is 14.0. The van der Waals surface area contributed by atoms with E-state index in [0.29, 0.717) is 53.5 Å². The SMILES string of the molecule is CCOc1cccc(C2C(C(=O)Nc3ccc(C)cc3)=C(C)NC3=C2C(=O)CC(c2ccc(OC)c(OC)c2)C3)c1. The fourth-order valence-corrected chi connectivity index (χ4v) is 5.80. The topological polar surface area (TPSA) is 85.9 Å². The van der Waals surface area contributed by atoms with E-state index in [1.165, 1.54) is 0 Å². The first-order valence-corrected chi connectivity index (χ1v) is 13.9. The number of dihydropyridines is 1. The zero-order valence-electron chi connectivity index (χ0n) is 24.2. The predicted molar refractivity (Wildman–Crippen MR) is 160 cm³/mol. The number of carbonyl (C=O) groups is 2. The lowest BCUT2D eigenvalue weighted by Gasteiger charge is -2.37. The molecule has 7 nitrogen and oxygen atoms in total. The Bertz CT molecular complexity index is 1540. The van der Waals surface area contributed by atoms with Crippen LogP contribution in [0.15, 0.2) is 89.3 Å². The number of anilines is 1. The Morgan fingerprint density at radius 2 is 1.68 bits per heavy atom. The third kappa shape index (κ3) is 5.71. The third-order valence-electron chi connectivity index (χ3n) is 7.76. The van der Waals surface area contributed by atoms with Gasteiger partial charge in [-0.1, -0.05) is 35.9 Å². The average Bonchev–Trinajstić information content (AvgIpc) is 2.97. The molecule has 2 aliphatic rings. The monoisotopic (exact) mass is 552 g/mol. The molecule has 2 unspecified atom stereocenters. The van der Waals surface area contributed by atoms with Crippen molar-refractivity contribution < 1.29 is 23.8 Å². The number of aryl methyl sites for hydroxylation is 1. The van der Waals surface area contributed by atoms with Crippen LogP contribution in [-0.4, -0.2) is 32.5 Å². The Hall–Kier alpha value is -4.52. The number of amides is 1. The molecule has 0 saturated heterocycles. The second-order valence-corrected chi connectivity index (χ2v) is 10.5. The van der Waals surface area contributed by atoms with Gasteiger partial charge in [0.15, 0.2) is 17.3 Å². The lowest BCUT2D eigenvalue weighted by Crippen LogP contribution is -2.37. The van der Waals surface area contributed by atoms with Crippen LogP contribution in [-0.2, 0) is 9.59 Å². The van der Waals surface area contributed by atoms with E-state index in [0.717, 1.165) is 28.1 Å². The molecule has 0 saturated carbocycles. The summed E-state index contributed by atoms with van der Waals surface area (Å²) in [6, 6.07) is 21.2. The van der Waals surface area contributed by atoms with Crippen molar-refractivity contribution in [1.29, 1.82) is 0 Å². The van der Waals surface area contributed by atoms with Crippen LogP contribution in [0.4, 0.5) is 5.69 Å². The quantitative estimate of drug-likeness (QED) is 0.336. The molecule has 0 bridgehead atoms. The number of ketones is 1. The lowest BCUT2D eigenvalue weighted by molar-refractivity contribution is -0.116. The number of methoxy groups -OCH3 is 2. The zero-order valence-corrected chi connectivity index (χ0v) is 24.2. The highest BCUT2D eigenvalue weighted by Crippen LogP contribution is 2.47. The molecule has 0 fully saturated rings. The molecule has 0 radical (unpaired) electrons. The van der Waals surface area contributed by atoms with Gasteiger partial charge >= 0.3 is 0 Å². The minimum Gasteiger partial charge on any atom is -0.494 e. The molecule has 1 aliphatic heterocycles. The highest BCUT2D eigenvalue weighted by Gasteiger charge is 2.41. The van der Waals surface area contributed by atoms with E-state index >= 15 is 0 Å². The summed E-state index contributed by atoms with van der Waals surface area (Å²) in [6.07, 6.45) is 0.950. The van der Waals surface area contributed by atoms with Crippen LogP contribution < -0.4 is 24.8 Å². The maximum Gasteiger partial charge on any atom is 0.254 e. The van der Waals surface area contributed by atoms with Crippen molar-refractivity contribution >= 4 is 17.4 Å². The van der Waals surface area contributed by atoms with E-state index < -0.39 is 5.92 Å². The highest BCUT2D eigenvalue weighted by atomic mass is 16.5. The number of allylic oxidation sites excluding steroid dienone is 3. The van der Waals surface area contributed by atoms with Crippen molar-refractivity contribution in [3.63, 3.8) is 0 Å². The number of rotatable bonds is 8. The standard InChI is InChI=1S/C34H36N2O5/c1-6-41-26-9-7-8-23(16-26)32-31(34(38)36-25-13-10-20(2)11-14-25)21(3)35-27-17-24(18-28(37)33(27)32)22-12-15-29(39-4)30(19-22)40-5/h7-16,19,24,32,35H,6,17-18H2,1-5H3,(H,36,38). The van der Waals surface area contributed by atoms with E-state index in [9.17, 15) is 9.59 Å². The minimum absolute atomic E-state index is 0.0125. The molecule has 1 heterocycles. The molecule has 7 heteroatoms. The first-order chi connectivity index (χ1) is 19.8. The molecule has 3 aromatic carbocycles. The second-order valence-electron chi connectivity index (χ2n) is 10.5. The minimum atomic E-state index is -0.532. The van der Waals surface area contributed by atoms with Crippen molar-refractivity contribution in [2.75, 3.05) is 26.1 Å². The van der Waals surface area contributed by atoms with E-state index in [2.05, 4.69) is 10.6 Å². The normalized spacial score (nSPS) is 18.4. The number of hydrogen-bond acceptors (Lipinski definition) is 6. The van der Waals surface area contributed by atoms with Crippen molar-refractivity contribution in [2.24, 2.45) is 0 Å². The zero-order chi connectivity index (χ0) is 29.1. The molecule has 0 spiro atoms. The number of carbonyl (C=O) groups excluding carboxylic acids is 2. The van der Waals surface area contributed by atoms with Crippen LogP contribution in [0.3, 0.4) is 0 Å². The number of nitrogens with one attached hydrogen (secondary N) is 2. The Balaban J connectivity index is 1.55. The van der Waals surface area contributed by atoms with Crippen LogP contribution in [0.1, 0.15) is 55.2 Å². The van der Waals surface area contributed by atoms with Gasteiger partial charge in [-0.15, -0.1) is 0 Å². The summed E-state index contributed by atoms with van der Waals surface area (Å²) in [7, 11) is 3.21. The summed E-state index contributed by atoms with van der Waals surface area (Å²) in [6.45, 7) is 6.35. The maximum atomic E-state index is 14.0. The summed E-state index contributed by atoms with van der Waals surface area (Å²) in [5, 5.41) is 6.50. The second kappa shape index (κ2) is 11.9. The number of benzene rings is 3. The number of Topliss-reactive ketones (excluding diaryl/α,β-unsaturated/α-hetero) is 1. The van der Waals surface area contributed by atoms with Crippen LogP contribution in [0.25, 0.3) is 0 Å². The van der Waals surface area contributed by atoms with Crippen molar-refractivity contribution in [1.82, 2.24) is 5.32 Å². The van der Waals surface area contributed by atoms with Gasteiger partial charge in [0.25, 0.3) is 5.91 Å². The molecule has 2 atom stereocenters. The van der Waals surface area contributed by atoms with Crippen LogP contribution >= 0.6 is 0 Å². The molecule has 212 valence electrons. The van der Waals surface area contributed by atoms with Crippen LogP contribution in [0.5, 0.6) is 17.2 Å². The Morgan fingerprint density at radius 1 is 0.927 bits per heavy atom. The number of hydrogen-bond donors (Lipinski definition) is 2. The summed E-state index contributed by atoms with van der Waals surface area (Å²) in [5.74, 6) is 1.17. The smallest absolute Gasteiger partial charge is 0.254 e. The average molecular weight is 553 g/mol. The predicted octanol–water partition coefficient (Wildman–Crippen LogP) is 6.41. The fraction of sp³-hybridized carbons (Fsp3) is 0.294. The van der Waals surface area contributed by atoms with Gasteiger partial charge in [0.05, 0.1) is 20.8 Å². The van der Waals surface area contributed by atoms with E-state index in [4.69, 9.17) is 14.2 Å². The molecular weight excluding hydrogens is 516 g/mol. The third-order valence-corrected chi connectivity index (χ3v) is 7.76. The molecule has 3 aromatic rings. The summed E-state index contributed by atoms with van der Waals surface area (Å²) < 4.78 is 16.7. The first kappa shape index (κ1) is 28.0. The molecule has 41 heavy (non-hydrogen) atoms. The Labute approximate surface area is 241 Å². The molecule has 2 N–H and O–H groups in total. The van der Waals surface area contributed by atoms with Crippen molar-refractivity contribution in [2.45, 2.75) is 45.4 Å². The molecule has 0 aromatic heterocycles. The molecule has 1 aliphatic carbocycles. The van der Waals surface area contributed by atoms with E-state index in [1.54, 1.807) is 14.2 Å². The Kier molecular flexibility index (Phi) is 8.15.